The summed E-state index contributed by atoms with van der Waals surface area (Å²) in [5.41, 5.74) is -0.489. The molecule has 0 spiro atoms. The lowest BCUT2D eigenvalue weighted by molar-refractivity contribution is -0.125. The van der Waals surface area contributed by atoms with Crippen LogP contribution in [0.5, 0.6) is 0 Å². The minimum atomic E-state index is -0.489. The molecule has 1 N–H and O–H groups in total. The molecule has 2 amide bonds. The number of nitrogens with one attached hydrogen (secondary N) is 1. The van der Waals surface area contributed by atoms with Gasteiger partial charge in [-0.2, -0.15) is 0 Å². The Balaban J connectivity index is 1.81. The molecule has 0 unspecified atom stereocenters. The average Bonchev–Trinajstić information content (AvgIpc) is 2.97. The van der Waals surface area contributed by atoms with Crippen molar-refractivity contribution in [1.29, 1.82) is 0 Å². The molecular weight excluding hydrogens is 268 g/mol. The quantitative estimate of drug-likeness (QED) is 0.852. The maximum atomic E-state index is 12.3. The van der Waals surface area contributed by atoms with Gasteiger partial charge >= 0.3 is 6.09 Å². The van der Waals surface area contributed by atoms with E-state index in [-0.39, 0.29) is 17.9 Å². The molecule has 0 aromatic heterocycles. The Morgan fingerprint density at radius 2 is 1.90 bits per heavy atom. The Morgan fingerprint density at radius 1 is 1.19 bits per heavy atom. The Hall–Kier alpha value is -1.26. The fraction of sp³-hybridized carbons (Fsp3) is 0.875. The normalized spacial score (nSPS) is 29.5. The SMILES string of the molecule is C[C@@H]1CCC[C@@H]1NC(=O)[C@@H]1CCN(C(=O)OC(C)(C)C)C1. The molecule has 1 saturated carbocycles. The second-order valence-electron chi connectivity index (χ2n) is 7.44. The molecule has 1 saturated heterocycles. The molecule has 1 heterocycles. The summed E-state index contributed by atoms with van der Waals surface area (Å²) in [6.45, 7) is 8.83. The largest absolute Gasteiger partial charge is 0.444 e. The van der Waals surface area contributed by atoms with Gasteiger partial charge in [-0.15, -0.1) is 0 Å². The average molecular weight is 296 g/mol. The van der Waals surface area contributed by atoms with E-state index in [1.54, 1.807) is 4.90 Å². The van der Waals surface area contributed by atoms with Crippen molar-refractivity contribution >= 4 is 12.0 Å². The molecule has 120 valence electrons. The lowest BCUT2D eigenvalue weighted by atomic mass is 10.0. The van der Waals surface area contributed by atoms with Crippen molar-refractivity contribution in [1.82, 2.24) is 10.2 Å². The van der Waals surface area contributed by atoms with Crippen LogP contribution in [0.4, 0.5) is 4.79 Å². The van der Waals surface area contributed by atoms with Crippen LogP contribution >= 0.6 is 0 Å². The second kappa shape index (κ2) is 6.24. The Kier molecular flexibility index (Phi) is 4.79. The number of hydrogen-bond donors (Lipinski definition) is 1. The summed E-state index contributed by atoms with van der Waals surface area (Å²) in [6, 6.07) is 0.313. The van der Waals surface area contributed by atoms with Crippen LogP contribution in [0, 0.1) is 11.8 Å². The predicted octanol–water partition coefficient (Wildman–Crippen LogP) is 2.55. The van der Waals surface area contributed by atoms with Crippen LogP contribution in [-0.2, 0) is 9.53 Å². The van der Waals surface area contributed by atoms with E-state index in [0.717, 1.165) is 12.8 Å². The van der Waals surface area contributed by atoms with Gasteiger partial charge in [0.1, 0.15) is 5.60 Å². The molecule has 2 aliphatic rings. The van der Waals surface area contributed by atoms with Gasteiger partial charge in [0.25, 0.3) is 0 Å². The van der Waals surface area contributed by atoms with E-state index < -0.39 is 5.60 Å². The molecule has 2 fully saturated rings. The molecule has 0 radical (unpaired) electrons. The van der Waals surface area contributed by atoms with E-state index in [1.165, 1.54) is 12.8 Å². The Bertz CT molecular complexity index is 403. The number of amides is 2. The van der Waals surface area contributed by atoms with E-state index in [9.17, 15) is 9.59 Å². The zero-order valence-corrected chi connectivity index (χ0v) is 13.6. The minimum Gasteiger partial charge on any atom is -0.444 e. The van der Waals surface area contributed by atoms with Crippen LogP contribution in [0.2, 0.25) is 0 Å². The Labute approximate surface area is 127 Å². The van der Waals surface area contributed by atoms with Crippen molar-refractivity contribution in [3.63, 3.8) is 0 Å². The maximum absolute atomic E-state index is 12.3. The third kappa shape index (κ3) is 4.35. The molecule has 1 aliphatic heterocycles. The van der Waals surface area contributed by atoms with Crippen LogP contribution in [0.1, 0.15) is 53.4 Å². The van der Waals surface area contributed by atoms with Crippen molar-refractivity contribution in [2.45, 2.75) is 65.0 Å². The van der Waals surface area contributed by atoms with Gasteiger partial charge in [-0.05, 0) is 46.0 Å². The first-order valence-corrected chi connectivity index (χ1v) is 8.04. The summed E-state index contributed by atoms with van der Waals surface area (Å²) in [6.07, 6.45) is 3.88. The zero-order chi connectivity index (χ0) is 15.6. The van der Waals surface area contributed by atoms with Crippen LogP contribution < -0.4 is 5.32 Å². The summed E-state index contributed by atoms with van der Waals surface area (Å²) in [4.78, 5) is 26.0. The van der Waals surface area contributed by atoms with E-state index in [0.29, 0.717) is 25.0 Å². The molecule has 3 atom stereocenters. The fourth-order valence-electron chi connectivity index (χ4n) is 3.13. The molecular formula is C16H28N2O3. The van der Waals surface area contributed by atoms with Gasteiger partial charge in [-0.25, -0.2) is 4.79 Å². The zero-order valence-electron chi connectivity index (χ0n) is 13.6. The number of carbonyl (C=O) groups excluding carboxylic acids is 2. The number of nitrogens with zero attached hydrogens (tertiary/aromatic N) is 1. The van der Waals surface area contributed by atoms with Gasteiger partial charge < -0.3 is 15.0 Å². The number of carbonyl (C=O) groups is 2. The standard InChI is InChI=1S/C16H28N2O3/c1-11-6-5-7-13(11)17-14(19)12-8-9-18(10-12)15(20)21-16(2,3)4/h11-13H,5-10H2,1-4H3,(H,17,19)/t11-,12-,13+/m1/s1. The first-order chi connectivity index (χ1) is 9.76. The van der Waals surface area contributed by atoms with Crippen molar-refractivity contribution < 1.29 is 14.3 Å². The van der Waals surface area contributed by atoms with Gasteiger partial charge in [0.15, 0.2) is 0 Å². The molecule has 0 bridgehead atoms. The lowest BCUT2D eigenvalue weighted by Gasteiger charge is -2.24. The van der Waals surface area contributed by atoms with Crippen molar-refractivity contribution in [3.05, 3.63) is 0 Å². The van der Waals surface area contributed by atoms with Crippen molar-refractivity contribution in [3.8, 4) is 0 Å². The van der Waals surface area contributed by atoms with Gasteiger partial charge in [-0.1, -0.05) is 13.3 Å². The monoisotopic (exact) mass is 296 g/mol. The van der Waals surface area contributed by atoms with Gasteiger partial charge in [-0.3, -0.25) is 4.79 Å². The highest BCUT2D eigenvalue weighted by atomic mass is 16.6. The van der Waals surface area contributed by atoms with Crippen molar-refractivity contribution in [2.75, 3.05) is 13.1 Å². The molecule has 0 aromatic rings. The van der Waals surface area contributed by atoms with E-state index in [2.05, 4.69) is 12.2 Å². The lowest BCUT2D eigenvalue weighted by Crippen LogP contribution is -2.42. The molecule has 2 rings (SSSR count). The summed E-state index contributed by atoms with van der Waals surface area (Å²) in [5.74, 6) is 0.572. The second-order valence-corrected chi connectivity index (χ2v) is 7.44. The van der Waals surface area contributed by atoms with E-state index in [1.807, 2.05) is 20.8 Å². The summed E-state index contributed by atoms with van der Waals surface area (Å²) in [7, 11) is 0. The summed E-state index contributed by atoms with van der Waals surface area (Å²) >= 11 is 0. The van der Waals surface area contributed by atoms with Crippen LogP contribution in [0.3, 0.4) is 0 Å². The molecule has 21 heavy (non-hydrogen) atoms. The van der Waals surface area contributed by atoms with Crippen LogP contribution in [0.15, 0.2) is 0 Å². The third-order valence-electron chi connectivity index (χ3n) is 4.40. The summed E-state index contributed by atoms with van der Waals surface area (Å²) < 4.78 is 5.36. The highest BCUT2D eigenvalue weighted by Gasteiger charge is 2.35. The smallest absolute Gasteiger partial charge is 0.410 e. The van der Waals surface area contributed by atoms with Gasteiger partial charge in [0, 0.05) is 19.1 Å². The molecule has 5 heteroatoms. The number of hydrogen-bond acceptors (Lipinski definition) is 3. The van der Waals surface area contributed by atoms with E-state index >= 15 is 0 Å². The van der Waals surface area contributed by atoms with Crippen molar-refractivity contribution in [2.24, 2.45) is 11.8 Å². The van der Waals surface area contributed by atoms with Gasteiger partial charge in [0.05, 0.1) is 5.92 Å². The maximum Gasteiger partial charge on any atom is 0.410 e. The third-order valence-corrected chi connectivity index (χ3v) is 4.40. The number of likely N-dealkylation sites (tertiary alicyclic amines) is 1. The van der Waals surface area contributed by atoms with Crippen LogP contribution in [0.25, 0.3) is 0 Å². The topological polar surface area (TPSA) is 58.6 Å². The number of rotatable bonds is 2. The van der Waals surface area contributed by atoms with E-state index in [4.69, 9.17) is 4.74 Å². The van der Waals surface area contributed by atoms with Crippen LogP contribution in [-0.4, -0.2) is 41.6 Å². The molecule has 1 aliphatic carbocycles. The highest BCUT2D eigenvalue weighted by Crippen LogP contribution is 2.26. The predicted molar refractivity (Wildman–Crippen MR) is 80.9 cm³/mol. The number of ether oxygens (including phenoxy) is 1. The Morgan fingerprint density at radius 3 is 2.48 bits per heavy atom. The molecule has 0 aromatic carbocycles. The first kappa shape index (κ1) is 16.1. The molecule has 5 nitrogen and oxygen atoms in total. The fourth-order valence-corrected chi connectivity index (χ4v) is 3.13. The first-order valence-electron chi connectivity index (χ1n) is 8.04. The summed E-state index contributed by atoms with van der Waals surface area (Å²) in [5, 5.41) is 3.16. The minimum absolute atomic E-state index is 0.0923. The highest BCUT2D eigenvalue weighted by molar-refractivity contribution is 5.81. The van der Waals surface area contributed by atoms with Gasteiger partial charge in [0.2, 0.25) is 5.91 Å².